The van der Waals surface area contributed by atoms with Crippen molar-refractivity contribution in [3.05, 3.63) is 29.8 Å². The number of rotatable bonds is 3. The number of nitrogens with two attached hydrogens (primary N) is 1. The lowest BCUT2D eigenvalue weighted by molar-refractivity contribution is 0.0380. The van der Waals surface area contributed by atoms with E-state index in [4.69, 9.17) is 5.73 Å². The molecule has 116 valence electrons. The van der Waals surface area contributed by atoms with E-state index in [1.165, 1.54) is 44.9 Å². The summed E-state index contributed by atoms with van der Waals surface area (Å²) in [7, 11) is 0. The van der Waals surface area contributed by atoms with E-state index in [1.807, 2.05) is 24.3 Å². The smallest absolute Gasteiger partial charge is 0.0917 e. The maximum Gasteiger partial charge on any atom is 0.0917 e. The molecule has 1 aliphatic heterocycles. The summed E-state index contributed by atoms with van der Waals surface area (Å²) in [6, 6.07) is 7.63. The van der Waals surface area contributed by atoms with E-state index in [0.717, 1.165) is 30.9 Å². The third-order valence-corrected chi connectivity index (χ3v) is 5.56. The number of hydrogen-bond donors (Lipinski definition) is 2. The van der Waals surface area contributed by atoms with Crippen LogP contribution in [0.1, 0.15) is 56.6 Å². The molecule has 1 aromatic carbocycles. The Labute approximate surface area is 128 Å². The van der Waals surface area contributed by atoms with Crippen LogP contribution in [0.5, 0.6) is 0 Å². The van der Waals surface area contributed by atoms with Crippen LogP contribution in [-0.2, 0) is 0 Å². The minimum atomic E-state index is -0.422. The van der Waals surface area contributed by atoms with E-state index in [1.54, 1.807) is 0 Å². The minimum Gasteiger partial charge on any atom is -0.399 e. The zero-order valence-electron chi connectivity index (χ0n) is 12.9. The monoisotopic (exact) mass is 288 g/mol. The first-order valence-electron chi connectivity index (χ1n) is 8.43. The van der Waals surface area contributed by atoms with Crippen molar-refractivity contribution in [1.29, 1.82) is 0 Å². The van der Waals surface area contributed by atoms with Crippen molar-refractivity contribution in [3.63, 3.8) is 0 Å². The van der Waals surface area contributed by atoms with Gasteiger partial charge < -0.3 is 15.7 Å². The Bertz CT molecular complexity index is 458. The number of nitrogen functional groups attached to an aromatic ring is 1. The number of hydrogen-bond acceptors (Lipinski definition) is 3. The Kier molecular flexibility index (Phi) is 4.51. The number of benzene rings is 1. The van der Waals surface area contributed by atoms with Crippen LogP contribution in [0.4, 0.5) is 5.69 Å². The van der Waals surface area contributed by atoms with Crippen molar-refractivity contribution in [2.45, 2.75) is 51.0 Å². The van der Waals surface area contributed by atoms with E-state index in [-0.39, 0.29) is 0 Å². The summed E-state index contributed by atoms with van der Waals surface area (Å²) in [6.45, 7) is 3.01. The van der Waals surface area contributed by atoms with E-state index >= 15 is 0 Å². The van der Waals surface area contributed by atoms with Gasteiger partial charge in [0, 0.05) is 12.2 Å². The molecular formula is C18H28N2O. The van der Waals surface area contributed by atoms with Gasteiger partial charge in [-0.05, 0) is 61.9 Å². The van der Waals surface area contributed by atoms with Gasteiger partial charge in [-0.3, -0.25) is 0 Å². The van der Waals surface area contributed by atoms with E-state index < -0.39 is 6.10 Å². The van der Waals surface area contributed by atoms with Crippen LogP contribution >= 0.6 is 0 Å². The predicted molar refractivity (Wildman–Crippen MR) is 87.0 cm³/mol. The molecule has 21 heavy (non-hydrogen) atoms. The Hall–Kier alpha value is -1.06. The number of β-amino-alcohol motifs (C(OH)–C–C–N with tert-alkyl or cyclic N) is 1. The number of nitrogens with zero attached hydrogens (tertiary/aromatic N) is 1. The Morgan fingerprint density at radius 2 is 1.81 bits per heavy atom. The molecule has 1 unspecified atom stereocenters. The first kappa shape index (κ1) is 14.9. The van der Waals surface area contributed by atoms with Crippen LogP contribution in [0.2, 0.25) is 0 Å². The van der Waals surface area contributed by atoms with Gasteiger partial charge in [-0.25, -0.2) is 0 Å². The van der Waals surface area contributed by atoms with Crippen molar-refractivity contribution in [2.24, 2.45) is 5.41 Å². The van der Waals surface area contributed by atoms with Gasteiger partial charge in [-0.2, -0.15) is 0 Å². The molecule has 0 bridgehead atoms. The average Bonchev–Trinajstić information content (AvgIpc) is 2.51. The molecule has 0 radical (unpaired) electrons. The van der Waals surface area contributed by atoms with Gasteiger partial charge in [-0.1, -0.05) is 31.4 Å². The van der Waals surface area contributed by atoms with Gasteiger partial charge in [0.1, 0.15) is 0 Å². The Morgan fingerprint density at radius 3 is 2.48 bits per heavy atom. The third kappa shape index (κ3) is 3.58. The zero-order valence-corrected chi connectivity index (χ0v) is 12.9. The summed E-state index contributed by atoms with van der Waals surface area (Å²) in [5.74, 6) is 0. The van der Waals surface area contributed by atoms with E-state index in [9.17, 15) is 5.11 Å². The normalized spacial score (nSPS) is 24.0. The van der Waals surface area contributed by atoms with Crippen LogP contribution < -0.4 is 5.73 Å². The van der Waals surface area contributed by atoms with Crippen LogP contribution in [0, 0.1) is 5.41 Å². The second-order valence-electron chi connectivity index (χ2n) is 7.05. The first-order chi connectivity index (χ1) is 10.2. The standard InChI is InChI=1S/C18H28N2O/c19-16-6-4-5-15(13-16)17(21)14-20-11-9-18(10-12-20)7-2-1-3-8-18/h4-6,13,17,21H,1-3,7-12,14,19H2. The van der Waals surface area contributed by atoms with E-state index in [2.05, 4.69) is 4.90 Å². The molecule has 2 aliphatic rings. The number of piperidine rings is 1. The van der Waals surface area contributed by atoms with Crippen LogP contribution in [0.15, 0.2) is 24.3 Å². The highest BCUT2D eigenvalue weighted by atomic mass is 16.3. The number of anilines is 1. The van der Waals surface area contributed by atoms with Crippen LogP contribution in [0.25, 0.3) is 0 Å². The molecule has 1 atom stereocenters. The van der Waals surface area contributed by atoms with Crippen molar-refractivity contribution in [1.82, 2.24) is 4.90 Å². The fourth-order valence-electron chi connectivity index (χ4n) is 4.13. The highest BCUT2D eigenvalue weighted by Crippen LogP contribution is 2.44. The second-order valence-corrected chi connectivity index (χ2v) is 7.05. The summed E-state index contributed by atoms with van der Waals surface area (Å²) in [4.78, 5) is 2.42. The summed E-state index contributed by atoms with van der Waals surface area (Å²) in [6.07, 6.45) is 9.34. The molecule has 2 fully saturated rings. The van der Waals surface area contributed by atoms with Crippen molar-refractivity contribution in [3.8, 4) is 0 Å². The molecular weight excluding hydrogens is 260 g/mol. The quantitative estimate of drug-likeness (QED) is 0.839. The summed E-state index contributed by atoms with van der Waals surface area (Å²) in [5, 5.41) is 10.4. The lowest BCUT2D eigenvalue weighted by Gasteiger charge is -2.44. The SMILES string of the molecule is Nc1cccc(C(O)CN2CCC3(CCCCC3)CC2)c1. The van der Waals surface area contributed by atoms with E-state index in [0.29, 0.717) is 5.41 Å². The van der Waals surface area contributed by atoms with Gasteiger partial charge in [0.15, 0.2) is 0 Å². The highest BCUT2D eigenvalue weighted by Gasteiger charge is 2.35. The molecule has 1 aliphatic carbocycles. The third-order valence-electron chi connectivity index (χ3n) is 5.56. The van der Waals surface area contributed by atoms with Crippen LogP contribution in [0.3, 0.4) is 0 Å². The molecule has 3 nitrogen and oxygen atoms in total. The molecule has 3 heteroatoms. The van der Waals surface area contributed by atoms with Crippen LogP contribution in [-0.4, -0.2) is 29.6 Å². The fourth-order valence-corrected chi connectivity index (χ4v) is 4.13. The van der Waals surface area contributed by atoms with Gasteiger partial charge >= 0.3 is 0 Å². The second kappa shape index (κ2) is 6.37. The molecule has 1 spiro atoms. The maximum absolute atomic E-state index is 10.4. The first-order valence-corrected chi connectivity index (χ1v) is 8.43. The topological polar surface area (TPSA) is 49.5 Å². The average molecular weight is 288 g/mol. The molecule has 1 aromatic rings. The summed E-state index contributed by atoms with van der Waals surface area (Å²) in [5.41, 5.74) is 8.10. The molecule has 1 saturated carbocycles. The van der Waals surface area contributed by atoms with Gasteiger partial charge in [0.25, 0.3) is 0 Å². The minimum absolute atomic E-state index is 0.422. The highest BCUT2D eigenvalue weighted by molar-refractivity contribution is 5.41. The molecule has 3 rings (SSSR count). The van der Waals surface area contributed by atoms with Crippen molar-refractivity contribution in [2.75, 3.05) is 25.4 Å². The number of aliphatic hydroxyl groups is 1. The largest absolute Gasteiger partial charge is 0.399 e. The Balaban J connectivity index is 1.53. The molecule has 0 amide bonds. The van der Waals surface area contributed by atoms with Gasteiger partial charge in [-0.15, -0.1) is 0 Å². The number of aliphatic hydroxyl groups excluding tert-OH is 1. The number of likely N-dealkylation sites (tertiary alicyclic amines) is 1. The summed E-state index contributed by atoms with van der Waals surface area (Å²) >= 11 is 0. The lowest BCUT2D eigenvalue weighted by atomic mass is 9.68. The summed E-state index contributed by atoms with van der Waals surface area (Å²) < 4.78 is 0. The zero-order chi connectivity index (χ0) is 14.7. The molecule has 3 N–H and O–H groups in total. The molecule has 1 saturated heterocycles. The predicted octanol–water partition coefficient (Wildman–Crippen LogP) is 3.35. The fraction of sp³-hybridized carbons (Fsp3) is 0.667. The molecule has 0 aromatic heterocycles. The van der Waals surface area contributed by atoms with Gasteiger partial charge in [0.05, 0.1) is 6.10 Å². The lowest BCUT2D eigenvalue weighted by Crippen LogP contribution is -2.42. The van der Waals surface area contributed by atoms with Crippen molar-refractivity contribution < 1.29 is 5.11 Å². The molecule has 1 heterocycles. The van der Waals surface area contributed by atoms with Gasteiger partial charge in [0.2, 0.25) is 0 Å². The Morgan fingerprint density at radius 1 is 1.10 bits per heavy atom. The maximum atomic E-state index is 10.4. The van der Waals surface area contributed by atoms with Crippen molar-refractivity contribution >= 4 is 5.69 Å².